The van der Waals surface area contributed by atoms with Crippen molar-refractivity contribution >= 4 is 17.6 Å². The molecule has 4 heteroatoms. The molecule has 1 aromatic carbocycles. The van der Waals surface area contributed by atoms with Gasteiger partial charge >= 0.3 is 5.97 Å². The van der Waals surface area contributed by atoms with Gasteiger partial charge in [-0.25, -0.2) is 0 Å². The summed E-state index contributed by atoms with van der Waals surface area (Å²) in [6, 6.07) is 5.62. The Hall–Kier alpha value is -1.22. The van der Waals surface area contributed by atoms with Gasteiger partial charge in [-0.15, -0.1) is 0 Å². The maximum atomic E-state index is 10.9. The molecule has 2 rings (SSSR count). The highest BCUT2D eigenvalue weighted by Gasteiger charge is 2.46. The number of benzene rings is 1. The van der Waals surface area contributed by atoms with Crippen molar-refractivity contribution in [1.82, 2.24) is 0 Å². The van der Waals surface area contributed by atoms with Crippen LogP contribution in [0.1, 0.15) is 25.8 Å². The Morgan fingerprint density at radius 3 is 2.89 bits per heavy atom. The lowest BCUT2D eigenvalue weighted by Gasteiger charge is -2.15. The molecule has 3 atom stereocenters. The average Bonchev–Trinajstić information content (AvgIpc) is 3.13. The number of rotatable bonds is 6. The molecule has 3 unspecified atom stereocenters. The highest BCUT2D eigenvalue weighted by atomic mass is 35.5. The summed E-state index contributed by atoms with van der Waals surface area (Å²) in [6.07, 6.45) is 1.60. The van der Waals surface area contributed by atoms with Crippen LogP contribution in [0.25, 0.3) is 0 Å². The number of hydrogen-bond acceptors (Lipinski definition) is 2. The molecule has 0 bridgehead atoms. The Kier molecular flexibility index (Phi) is 4.35. The molecule has 0 saturated heterocycles. The summed E-state index contributed by atoms with van der Waals surface area (Å²) < 4.78 is 5.59. The molecule has 0 aromatic heterocycles. The van der Waals surface area contributed by atoms with E-state index in [2.05, 4.69) is 6.92 Å². The molecule has 1 fully saturated rings. The monoisotopic (exact) mass is 282 g/mol. The fraction of sp³-hybridized carbons (Fsp3) is 0.533. The Bertz CT molecular complexity index is 472. The number of carboxylic acids is 1. The van der Waals surface area contributed by atoms with Crippen molar-refractivity contribution in [2.45, 2.75) is 26.7 Å². The van der Waals surface area contributed by atoms with Crippen LogP contribution in [-0.2, 0) is 11.2 Å². The van der Waals surface area contributed by atoms with E-state index in [1.165, 1.54) is 0 Å². The van der Waals surface area contributed by atoms with E-state index >= 15 is 0 Å². The van der Waals surface area contributed by atoms with Gasteiger partial charge in [0.1, 0.15) is 5.75 Å². The van der Waals surface area contributed by atoms with E-state index in [4.69, 9.17) is 21.4 Å². The van der Waals surface area contributed by atoms with Gasteiger partial charge in [-0.3, -0.25) is 4.79 Å². The minimum Gasteiger partial charge on any atom is -0.494 e. The summed E-state index contributed by atoms with van der Waals surface area (Å²) in [6.45, 7) is 4.66. The standard InChI is InChI=1S/C15H19ClO3/c1-3-19-14-5-4-11(16)7-10(14)6-9(2)12-8-13(12)15(17)18/h4-5,7,9,12-13H,3,6,8H2,1-2H3,(H,17,18). The number of carbonyl (C=O) groups is 1. The van der Waals surface area contributed by atoms with Gasteiger partial charge < -0.3 is 9.84 Å². The smallest absolute Gasteiger partial charge is 0.306 e. The molecule has 1 N–H and O–H groups in total. The Balaban J connectivity index is 2.06. The Morgan fingerprint density at radius 1 is 1.58 bits per heavy atom. The topological polar surface area (TPSA) is 46.5 Å². The molecule has 104 valence electrons. The molecule has 1 aromatic rings. The number of carboxylic acid groups (broad SMARTS) is 1. The molecule has 1 aliphatic carbocycles. The van der Waals surface area contributed by atoms with Crippen LogP contribution in [0.3, 0.4) is 0 Å². The summed E-state index contributed by atoms with van der Waals surface area (Å²) in [4.78, 5) is 10.9. The number of ether oxygens (including phenoxy) is 1. The molecule has 1 saturated carbocycles. The second-order valence-corrected chi connectivity index (χ2v) is 5.65. The van der Waals surface area contributed by atoms with Crippen LogP contribution in [0, 0.1) is 17.8 Å². The van der Waals surface area contributed by atoms with Crippen molar-refractivity contribution in [3.8, 4) is 5.75 Å². The molecule has 0 aliphatic heterocycles. The maximum absolute atomic E-state index is 10.9. The number of halogens is 1. The first-order valence-electron chi connectivity index (χ1n) is 6.67. The molecule has 0 radical (unpaired) electrons. The van der Waals surface area contributed by atoms with Crippen LogP contribution in [-0.4, -0.2) is 17.7 Å². The van der Waals surface area contributed by atoms with Crippen molar-refractivity contribution in [2.24, 2.45) is 17.8 Å². The number of hydrogen-bond donors (Lipinski definition) is 1. The van der Waals surface area contributed by atoms with E-state index < -0.39 is 5.97 Å². The van der Waals surface area contributed by atoms with E-state index in [9.17, 15) is 4.79 Å². The summed E-state index contributed by atoms with van der Waals surface area (Å²) in [5.41, 5.74) is 1.07. The lowest BCUT2D eigenvalue weighted by molar-refractivity contribution is -0.139. The zero-order valence-electron chi connectivity index (χ0n) is 11.2. The molecule has 3 nitrogen and oxygen atoms in total. The van der Waals surface area contributed by atoms with Crippen LogP contribution in [0.2, 0.25) is 5.02 Å². The van der Waals surface area contributed by atoms with Gasteiger partial charge in [-0.1, -0.05) is 18.5 Å². The Labute approximate surface area is 118 Å². The van der Waals surface area contributed by atoms with Gasteiger partial charge in [-0.2, -0.15) is 0 Å². The summed E-state index contributed by atoms with van der Waals surface area (Å²) in [5.74, 6) is 0.633. The van der Waals surface area contributed by atoms with E-state index in [-0.39, 0.29) is 11.8 Å². The largest absolute Gasteiger partial charge is 0.494 e. The number of aliphatic carboxylic acids is 1. The normalized spacial score (nSPS) is 22.9. The quantitative estimate of drug-likeness (QED) is 0.866. The third-order valence-corrected chi connectivity index (χ3v) is 3.99. The minimum absolute atomic E-state index is 0.162. The van der Waals surface area contributed by atoms with Crippen LogP contribution in [0.15, 0.2) is 18.2 Å². The van der Waals surface area contributed by atoms with Crippen LogP contribution >= 0.6 is 11.6 Å². The first-order chi connectivity index (χ1) is 9.02. The molecule has 0 heterocycles. The lowest BCUT2D eigenvalue weighted by atomic mass is 9.95. The van der Waals surface area contributed by atoms with E-state index in [1.54, 1.807) is 0 Å². The first-order valence-corrected chi connectivity index (χ1v) is 7.04. The first kappa shape index (κ1) is 14.2. The summed E-state index contributed by atoms with van der Waals surface area (Å²) in [5, 5.41) is 9.67. The predicted molar refractivity (Wildman–Crippen MR) is 74.7 cm³/mol. The van der Waals surface area contributed by atoms with E-state index in [1.807, 2.05) is 25.1 Å². The van der Waals surface area contributed by atoms with Crippen molar-refractivity contribution in [2.75, 3.05) is 6.61 Å². The van der Waals surface area contributed by atoms with Gasteiger partial charge in [0.25, 0.3) is 0 Å². The zero-order chi connectivity index (χ0) is 14.0. The predicted octanol–water partition coefficient (Wildman–Crippen LogP) is 3.64. The van der Waals surface area contributed by atoms with Crippen LogP contribution in [0.4, 0.5) is 0 Å². The van der Waals surface area contributed by atoms with Crippen molar-refractivity contribution in [3.63, 3.8) is 0 Å². The highest BCUT2D eigenvalue weighted by molar-refractivity contribution is 6.30. The average molecular weight is 283 g/mol. The van der Waals surface area contributed by atoms with Gasteiger partial charge in [0, 0.05) is 5.02 Å². The minimum atomic E-state index is -0.673. The van der Waals surface area contributed by atoms with Gasteiger partial charge in [-0.05, 0) is 55.4 Å². The van der Waals surface area contributed by atoms with Crippen LogP contribution in [0.5, 0.6) is 5.75 Å². The van der Waals surface area contributed by atoms with Crippen molar-refractivity contribution in [1.29, 1.82) is 0 Å². The van der Waals surface area contributed by atoms with Gasteiger partial charge in [0.15, 0.2) is 0 Å². The second-order valence-electron chi connectivity index (χ2n) is 5.21. The van der Waals surface area contributed by atoms with Crippen LogP contribution < -0.4 is 4.74 Å². The highest BCUT2D eigenvalue weighted by Crippen LogP contribution is 2.46. The summed E-state index contributed by atoms with van der Waals surface area (Å²) in [7, 11) is 0. The molecule has 0 amide bonds. The zero-order valence-corrected chi connectivity index (χ0v) is 12.0. The lowest BCUT2D eigenvalue weighted by Crippen LogP contribution is -2.09. The van der Waals surface area contributed by atoms with Crippen molar-refractivity contribution < 1.29 is 14.6 Å². The molecule has 1 aliphatic rings. The fourth-order valence-electron chi connectivity index (χ4n) is 2.63. The second kappa shape index (κ2) is 5.83. The third-order valence-electron chi connectivity index (χ3n) is 3.75. The van der Waals surface area contributed by atoms with Gasteiger partial charge in [0.05, 0.1) is 12.5 Å². The molecule has 0 spiro atoms. The molecular weight excluding hydrogens is 264 g/mol. The fourth-order valence-corrected chi connectivity index (χ4v) is 2.82. The molecular formula is C15H19ClO3. The SMILES string of the molecule is CCOc1ccc(Cl)cc1CC(C)C1CC1C(=O)O. The Morgan fingerprint density at radius 2 is 2.32 bits per heavy atom. The van der Waals surface area contributed by atoms with E-state index in [0.29, 0.717) is 17.5 Å². The third kappa shape index (κ3) is 3.41. The summed E-state index contributed by atoms with van der Waals surface area (Å²) >= 11 is 6.03. The van der Waals surface area contributed by atoms with Gasteiger partial charge in [0.2, 0.25) is 0 Å². The maximum Gasteiger partial charge on any atom is 0.306 e. The van der Waals surface area contributed by atoms with E-state index in [0.717, 1.165) is 24.2 Å². The van der Waals surface area contributed by atoms with Crippen molar-refractivity contribution in [3.05, 3.63) is 28.8 Å². The molecule has 19 heavy (non-hydrogen) atoms.